The van der Waals surface area contributed by atoms with Crippen molar-refractivity contribution in [1.82, 2.24) is 0 Å². The molecule has 5 nitrogen and oxygen atoms in total. The zero-order valence-electron chi connectivity index (χ0n) is 20.7. The van der Waals surface area contributed by atoms with Crippen molar-refractivity contribution >= 4 is 17.7 Å². The molecular weight excluding hydrogens is 404 g/mol. The van der Waals surface area contributed by atoms with Crippen LogP contribution in [0.4, 0.5) is 0 Å². The highest BCUT2D eigenvalue weighted by atomic mass is 16.5. The van der Waals surface area contributed by atoms with E-state index in [-0.39, 0.29) is 34.8 Å². The van der Waals surface area contributed by atoms with Crippen LogP contribution in [0.2, 0.25) is 0 Å². The van der Waals surface area contributed by atoms with Crippen LogP contribution in [0, 0.1) is 46.3 Å². The third-order valence-corrected chi connectivity index (χ3v) is 10.3. The van der Waals surface area contributed by atoms with Gasteiger partial charge < -0.3 is 9.47 Å². The zero-order chi connectivity index (χ0) is 23.3. The number of hydrogen-bond acceptors (Lipinski definition) is 5. The van der Waals surface area contributed by atoms with Crippen molar-refractivity contribution in [3.05, 3.63) is 0 Å². The molecule has 0 unspecified atom stereocenters. The van der Waals surface area contributed by atoms with Gasteiger partial charge in [0.2, 0.25) is 0 Å². The summed E-state index contributed by atoms with van der Waals surface area (Å²) in [5, 5.41) is 0. The van der Waals surface area contributed by atoms with E-state index in [1.165, 1.54) is 0 Å². The van der Waals surface area contributed by atoms with Crippen LogP contribution in [0.1, 0.15) is 92.4 Å². The van der Waals surface area contributed by atoms with Crippen molar-refractivity contribution in [1.29, 1.82) is 0 Å². The Hall–Kier alpha value is -1.39. The second kappa shape index (κ2) is 8.76. The number of carbonyl (C=O) groups is 3. The highest BCUT2D eigenvalue weighted by Gasteiger charge is 2.65. The van der Waals surface area contributed by atoms with E-state index in [0.29, 0.717) is 67.7 Å². The number of ketones is 1. The summed E-state index contributed by atoms with van der Waals surface area (Å²) in [6.45, 7) is 11.1. The van der Waals surface area contributed by atoms with Gasteiger partial charge in [0.15, 0.2) is 0 Å². The fourth-order valence-electron chi connectivity index (χ4n) is 8.74. The molecule has 0 aromatic rings. The van der Waals surface area contributed by atoms with Gasteiger partial charge in [-0.2, -0.15) is 0 Å². The fraction of sp³-hybridized carbons (Fsp3) is 0.889. The molecule has 5 heteroatoms. The Morgan fingerprint density at radius 2 is 1.72 bits per heavy atom. The highest BCUT2D eigenvalue weighted by molar-refractivity contribution is 5.80. The normalized spacial score (nSPS) is 45.4. The Labute approximate surface area is 193 Å². The fourth-order valence-corrected chi connectivity index (χ4v) is 8.74. The summed E-state index contributed by atoms with van der Waals surface area (Å²) in [6, 6.07) is 0. The highest BCUT2D eigenvalue weighted by Crippen LogP contribution is 2.68. The molecule has 4 saturated carbocycles. The first-order valence-corrected chi connectivity index (χ1v) is 13.0. The van der Waals surface area contributed by atoms with E-state index in [1.807, 2.05) is 13.8 Å². The molecule has 9 atom stereocenters. The summed E-state index contributed by atoms with van der Waals surface area (Å²) in [4.78, 5) is 36.9. The van der Waals surface area contributed by atoms with Gasteiger partial charge in [0, 0.05) is 36.5 Å². The lowest BCUT2D eigenvalue weighted by Crippen LogP contribution is -2.62. The number of carbonyl (C=O) groups excluding carboxylic acids is 3. The Morgan fingerprint density at radius 1 is 1.00 bits per heavy atom. The van der Waals surface area contributed by atoms with Crippen molar-refractivity contribution in [2.45, 2.75) is 98.5 Å². The van der Waals surface area contributed by atoms with E-state index < -0.39 is 0 Å². The number of ether oxygens (including phenoxy) is 2. The molecule has 0 aliphatic heterocycles. The quantitative estimate of drug-likeness (QED) is 0.533. The third-order valence-electron chi connectivity index (χ3n) is 10.3. The first-order valence-electron chi connectivity index (χ1n) is 13.0. The van der Waals surface area contributed by atoms with Crippen LogP contribution in [0.5, 0.6) is 0 Å². The average molecular weight is 447 g/mol. The van der Waals surface area contributed by atoms with Gasteiger partial charge in [-0.15, -0.1) is 0 Å². The molecule has 4 fully saturated rings. The smallest absolute Gasteiger partial charge is 0.305 e. The van der Waals surface area contributed by atoms with E-state index in [9.17, 15) is 14.4 Å². The molecule has 0 amide bonds. The van der Waals surface area contributed by atoms with Gasteiger partial charge in [-0.25, -0.2) is 0 Å². The second-order valence-corrected chi connectivity index (χ2v) is 11.6. The standard InChI is InChI=1S/C27H42O5/c1-6-23(29)31-15-27-17(4)13-19(28)14-18(27)12-16(3)25-20-8-9-22(32-24(30)7-2)26(20,5)11-10-21(25)27/h16-18,20-22,25H,6-15H2,1-5H3/t16-,17+,18+,20+,21+,22+,25+,26+,27+/m1/s1. The summed E-state index contributed by atoms with van der Waals surface area (Å²) >= 11 is 0. The van der Waals surface area contributed by atoms with Crippen molar-refractivity contribution in [3.8, 4) is 0 Å². The van der Waals surface area contributed by atoms with Crippen LogP contribution in [0.25, 0.3) is 0 Å². The van der Waals surface area contributed by atoms with Gasteiger partial charge in [-0.3, -0.25) is 14.4 Å². The molecule has 0 radical (unpaired) electrons. The first kappa shape index (κ1) is 23.8. The van der Waals surface area contributed by atoms with Crippen LogP contribution in [-0.2, 0) is 23.9 Å². The van der Waals surface area contributed by atoms with Gasteiger partial charge in [-0.1, -0.05) is 34.6 Å². The van der Waals surface area contributed by atoms with E-state index in [0.717, 1.165) is 32.1 Å². The molecule has 0 heterocycles. The lowest BCUT2D eigenvalue weighted by molar-refractivity contribution is -0.198. The molecule has 4 aliphatic rings. The Balaban J connectivity index is 1.67. The van der Waals surface area contributed by atoms with Crippen molar-refractivity contribution < 1.29 is 23.9 Å². The molecule has 180 valence electrons. The summed E-state index contributed by atoms with van der Waals surface area (Å²) in [5.41, 5.74) is -0.0719. The van der Waals surface area contributed by atoms with Crippen molar-refractivity contribution in [2.24, 2.45) is 46.3 Å². The molecule has 0 aromatic heterocycles. The maximum atomic E-state index is 12.6. The van der Waals surface area contributed by atoms with Gasteiger partial charge >= 0.3 is 11.9 Å². The van der Waals surface area contributed by atoms with Gasteiger partial charge in [0.1, 0.15) is 11.9 Å². The summed E-state index contributed by atoms with van der Waals surface area (Å²) in [6.07, 6.45) is 7.30. The van der Waals surface area contributed by atoms with Crippen LogP contribution in [-0.4, -0.2) is 30.4 Å². The first-order chi connectivity index (χ1) is 15.2. The number of esters is 2. The number of hydrogen-bond donors (Lipinski definition) is 0. The maximum Gasteiger partial charge on any atom is 0.305 e. The molecule has 0 saturated heterocycles. The van der Waals surface area contributed by atoms with E-state index >= 15 is 0 Å². The van der Waals surface area contributed by atoms with Gasteiger partial charge in [0.05, 0.1) is 6.61 Å². The predicted octanol–water partition coefficient (Wildman–Crippen LogP) is 5.35. The minimum absolute atomic E-state index is 0.0186. The topological polar surface area (TPSA) is 69.7 Å². The zero-order valence-corrected chi connectivity index (χ0v) is 20.7. The Kier molecular flexibility index (Phi) is 6.50. The van der Waals surface area contributed by atoms with Gasteiger partial charge in [0.25, 0.3) is 0 Å². The maximum absolute atomic E-state index is 12.6. The van der Waals surface area contributed by atoms with Crippen LogP contribution >= 0.6 is 0 Å². The summed E-state index contributed by atoms with van der Waals surface area (Å²) in [5.74, 6) is 2.74. The molecule has 4 aliphatic carbocycles. The average Bonchev–Trinajstić information content (AvgIpc) is 3.08. The van der Waals surface area contributed by atoms with Crippen molar-refractivity contribution in [2.75, 3.05) is 6.61 Å². The van der Waals surface area contributed by atoms with Crippen LogP contribution < -0.4 is 0 Å². The van der Waals surface area contributed by atoms with Gasteiger partial charge in [-0.05, 0) is 67.6 Å². The van der Waals surface area contributed by atoms with E-state index in [2.05, 4.69) is 20.8 Å². The molecular formula is C27H42O5. The number of fused-ring (bicyclic) bond motifs is 5. The van der Waals surface area contributed by atoms with Crippen molar-refractivity contribution in [3.63, 3.8) is 0 Å². The Morgan fingerprint density at radius 3 is 2.41 bits per heavy atom. The number of rotatable bonds is 5. The monoisotopic (exact) mass is 446 g/mol. The van der Waals surface area contributed by atoms with E-state index in [1.54, 1.807) is 0 Å². The van der Waals surface area contributed by atoms with Crippen LogP contribution in [0.15, 0.2) is 0 Å². The lowest BCUT2D eigenvalue weighted by atomic mass is 9.40. The molecule has 32 heavy (non-hydrogen) atoms. The summed E-state index contributed by atoms with van der Waals surface area (Å²) < 4.78 is 11.8. The minimum Gasteiger partial charge on any atom is -0.465 e. The minimum atomic E-state index is -0.134. The molecule has 0 aromatic carbocycles. The third kappa shape index (κ3) is 3.62. The summed E-state index contributed by atoms with van der Waals surface area (Å²) in [7, 11) is 0. The van der Waals surface area contributed by atoms with E-state index in [4.69, 9.17) is 9.47 Å². The number of Topliss-reactive ketones (excluding diaryl/α,β-unsaturated/α-hetero) is 1. The second-order valence-electron chi connectivity index (χ2n) is 11.6. The molecule has 0 spiro atoms. The SMILES string of the molecule is CCC(=O)OC[C@@]12[C@H](CC(=O)C[C@@H]1C)C[C@@H](C)[C@H]1[C@@H]3CC[C@H](OC(=O)CC)[C@@]3(C)CC[C@@H]12. The molecule has 4 rings (SSSR count). The van der Waals surface area contributed by atoms with Crippen LogP contribution in [0.3, 0.4) is 0 Å². The molecule has 0 N–H and O–H groups in total. The largest absolute Gasteiger partial charge is 0.465 e. The Bertz CT molecular complexity index is 761. The predicted molar refractivity (Wildman–Crippen MR) is 122 cm³/mol. The lowest BCUT2D eigenvalue weighted by Gasteiger charge is -2.64. The molecule has 0 bridgehead atoms.